The molecule has 0 bridgehead atoms. The molecule has 10 nitrogen and oxygen atoms in total. The lowest BCUT2D eigenvalue weighted by atomic mass is 10.0. The molecule has 11 heteroatoms. The minimum absolute atomic E-state index is 0.134. The summed E-state index contributed by atoms with van der Waals surface area (Å²) in [4.78, 5) is 57.2. The number of ether oxygens (including phenoxy) is 2. The molecule has 1 aliphatic heterocycles. The minimum atomic E-state index is -1.21. The number of benzene rings is 3. The van der Waals surface area contributed by atoms with Gasteiger partial charge in [0.1, 0.15) is 36.8 Å². The van der Waals surface area contributed by atoms with Gasteiger partial charge in [-0.3, -0.25) is 19.2 Å². The van der Waals surface area contributed by atoms with E-state index >= 15 is 0 Å². The predicted octanol–water partition coefficient (Wildman–Crippen LogP) is 3.33. The summed E-state index contributed by atoms with van der Waals surface area (Å²) >= 11 is 5.93. The van der Waals surface area contributed by atoms with E-state index in [0.29, 0.717) is 23.1 Å². The normalized spacial score (nSPS) is 17.8. The Balaban J connectivity index is 1.56. The van der Waals surface area contributed by atoms with Crippen LogP contribution in [-0.4, -0.2) is 85.4 Å². The first kappa shape index (κ1) is 32.3. The summed E-state index contributed by atoms with van der Waals surface area (Å²) in [6.45, 7) is 3.01. The zero-order chi connectivity index (χ0) is 31.5. The summed E-state index contributed by atoms with van der Waals surface area (Å²) < 4.78 is 11.7. The van der Waals surface area contributed by atoms with E-state index < -0.39 is 29.8 Å². The van der Waals surface area contributed by atoms with Crippen molar-refractivity contribution in [3.63, 3.8) is 0 Å². The number of hydrogen-bond donors (Lipinski definition) is 2. The van der Waals surface area contributed by atoms with Crippen LogP contribution in [0.3, 0.4) is 0 Å². The molecule has 0 radical (unpaired) electrons. The number of fused-ring (bicyclic) bond motifs is 1. The lowest BCUT2D eigenvalue weighted by molar-refractivity contribution is -0.138. The van der Waals surface area contributed by atoms with Crippen LogP contribution in [0.25, 0.3) is 0 Å². The average Bonchev–Trinajstić information content (AvgIpc) is 3.03. The van der Waals surface area contributed by atoms with Gasteiger partial charge in [0, 0.05) is 25.0 Å². The standard InChI is InChI=1S/C33H37ClN4O6/c1-3-38-18-20-44-29-12-8-7-11-26(29)31(40)36-28(32(41)37(2)17-19-43-25-15-13-24(34)14-16-25)22-30(39)35-27(33(38)42)21-23-9-5-4-6-10-23/h4-16,27-28H,3,17-22H2,1-2H3,(H,35,39)(H,36,40)/t27-,28-/m0/s1. The van der Waals surface area contributed by atoms with E-state index in [9.17, 15) is 19.2 Å². The highest BCUT2D eigenvalue weighted by molar-refractivity contribution is 6.30. The van der Waals surface area contributed by atoms with Crippen molar-refractivity contribution >= 4 is 35.2 Å². The summed E-state index contributed by atoms with van der Waals surface area (Å²) in [6.07, 6.45) is -0.112. The maximum absolute atomic E-state index is 13.7. The van der Waals surface area contributed by atoms with E-state index in [0.717, 1.165) is 5.56 Å². The van der Waals surface area contributed by atoms with Gasteiger partial charge in [0.15, 0.2) is 0 Å². The van der Waals surface area contributed by atoms with Gasteiger partial charge in [-0.2, -0.15) is 0 Å². The Morgan fingerprint density at radius 1 is 1.00 bits per heavy atom. The second-order valence-electron chi connectivity index (χ2n) is 10.4. The van der Waals surface area contributed by atoms with E-state index in [4.69, 9.17) is 21.1 Å². The number of halogens is 1. The van der Waals surface area contributed by atoms with Crippen LogP contribution >= 0.6 is 11.6 Å². The molecule has 2 N–H and O–H groups in total. The summed E-state index contributed by atoms with van der Waals surface area (Å²) in [5.41, 5.74) is 1.09. The Hall–Kier alpha value is -4.57. The van der Waals surface area contributed by atoms with Crippen molar-refractivity contribution in [2.24, 2.45) is 0 Å². The third-order valence-electron chi connectivity index (χ3n) is 7.24. The van der Waals surface area contributed by atoms with Gasteiger partial charge in [-0.25, -0.2) is 0 Å². The third-order valence-corrected chi connectivity index (χ3v) is 7.49. The molecule has 0 fully saturated rings. The van der Waals surface area contributed by atoms with Gasteiger partial charge in [-0.15, -0.1) is 0 Å². The van der Waals surface area contributed by atoms with Crippen LogP contribution in [0.1, 0.15) is 29.3 Å². The average molecular weight is 621 g/mol. The summed E-state index contributed by atoms with van der Waals surface area (Å²) in [5.74, 6) is -0.943. The van der Waals surface area contributed by atoms with E-state index in [1.54, 1.807) is 60.5 Å². The van der Waals surface area contributed by atoms with Crippen LogP contribution in [0.5, 0.6) is 11.5 Å². The van der Waals surface area contributed by atoms with Crippen molar-refractivity contribution in [2.45, 2.75) is 31.8 Å². The van der Waals surface area contributed by atoms with Crippen molar-refractivity contribution in [2.75, 3.05) is 39.9 Å². The number of likely N-dealkylation sites (N-methyl/N-ethyl adjacent to an activating group) is 2. The maximum Gasteiger partial charge on any atom is 0.255 e. The van der Waals surface area contributed by atoms with Gasteiger partial charge in [-0.05, 0) is 48.9 Å². The molecule has 3 aromatic carbocycles. The van der Waals surface area contributed by atoms with E-state index in [-0.39, 0.29) is 50.6 Å². The second kappa shape index (κ2) is 15.8. The zero-order valence-corrected chi connectivity index (χ0v) is 25.6. The molecule has 4 rings (SSSR count). The van der Waals surface area contributed by atoms with Crippen LogP contribution in [0, 0.1) is 0 Å². The lowest BCUT2D eigenvalue weighted by Gasteiger charge is -2.29. The highest BCUT2D eigenvalue weighted by Crippen LogP contribution is 2.19. The summed E-state index contributed by atoms with van der Waals surface area (Å²) in [7, 11) is 1.57. The van der Waals surface area contributed by atoms with Crippen LogP contribution in [0.4, 0.5) is 0 Å². The Morgan fingerprint density at radius 2 is 1.70 bits per heavy atom. The Kier molecular flexibility index (Phi) is 11.6. The molecule has 0 saturated carbocycles. The van der Waals surface area contributed by atoms with Crippen molar-refractivity contribution in [1.82, 2.24) is 20.4 Å². The van der Waals surface area contributed by atoms with Crippen molar-refractivity contribution in [1.29, 1.82) is 0 Å². The van der Waals surface area contributed by atoms with Gasteiger partial charge in [0.25, 0.3) is 5.91 Å². The summed E-state index contributed by atoms with van der Waals surface area (Å²) in [6, 6.07) is 20.8. The number of nitrogens with zero attached hydrogens (tertiary/aromatic N) is 2. The quantitative estimate of drug-likeness (QED) is 0.399. The fraction of sp³-hybridized carbons (Fsp3) is 0.333. The van der Waals surface area contributed by atoms with Crippen LogP contribution in [0.2, 0.25) is 5.02 Å². The number of amides is 4. The Morgan fingerprint density at radius 3 is 2.43 bits per heavy atom. The van der Waals surface area contributed by atoms with Gasteiger partial charge in [0.2, 0.25) is 17.7 Å². The van der Waals surface area contributed by atoms with Crippen LogP contribution in [-0.2, 0) is 20.8 Å². The van der Waals surface area contributed by atoms with E-state index in [2.05, 4.69) is 10.6 Å². The van der Waals surface area contributed by atoms with Gasteiger partial charge >= 0.3 is 0 Å². The summed E-state index contributed by atoms with van der Waals surface area (Å²) in [5, 5.41) is 6.14. The monoisotopic (exact) mass is 620 g/mol. The fourth-order valence-corrected chi connectivity index (χ4v) is 4.95. The smallest absolute Gasteiger partial charge is 0.255 e. The topological polar surface area (TPSA) is 117 Å². The molecule has 1 heterocycles. The van der Waals surface area contributed by atoms with Crippen LogP contribution < -0.4 is 20.1 Å². The first-order valence-corrected chi connectivity index (χ1v) is 14.9. The largest absolute Gasteiger partial charge is 0.492 e. The van der Waals surface area contributed by atoms with Gasteiger partial charge in [-0.1, -0.05) is 54.1 Å². The SMILES string of the molecule is CCN1CCOc2ccccc2C(=O)N[C@H](C(=O)N(C)CCOc2ccc(Cl)cc2)CC(=O)N[C@@H](Cc2ccccc2)C1=O. The van der Waals surface area contributed by atoms with Gasteiger partial charge < -0.3 is 29.9 Å². The number of hydrogen-bond acceptors (Lipinski definition) is 6. The van der Waals surface area contributed by atoms with E-state index in [1.807, 2.05) is 37.3 Å². The molecule has 44 heavy (non-hydrogen) atoms. The highest BCUT2D eigenvalue weighted by atomic mass is 35.5. The first-order valence-electron chi connectivity index (χ1n) is 14.5. The molecule has 0 spiro atoms. The number of rotatable bonds is 8. The Labute approximate surface area is 262 Å². The molecule has 232 valence electrons. The predicted molar refractivity (Wildman–Crippen MR) is 167 cm³/mol. The molecule has 2 atom stereocenters. The second-order valence-corrected chi connectivity index (χ2v) is 10.8. The number of para-hydroxylation sites is 1. The first-order chi connectivity index (χ1) is 21.2. The zero-order valence-electron chi connectivity index (χ0n) is 24.8. The lowest BCUT2D eigenvalue weighted by Crippen LogP contribution is -2.54. The molecule has 0 aliphatic carbocycles. The van der Waals surface area contributed by atoms with E-state index in [1.165, 1.54) is 4.90 Å². The molecule has 0 saturated heterocycles. The molecule has 0 unspecified atom stereocenters. The van der Waals surface area contributed by atoms with Crippen LogP contribution in [0.15, 0.2) is 78.9 Å². The molecular formula is C33H37ClN4O6. The van der Waals surface area contributed by atoms with Crippen molar-refractivity contribution < 1.29 is 28.7 Å². The van der Waals surface area contributed by atoms with Gasteiger partial charge in [0.05, 0.1) is 25.1 Å². The number of carbonyl (C=O) groups excluding carboxylic acids is 4. The third kappa shape index (κ3) is 8.97. The molecule has 3 aromatic rings. The van der Waals surface area contributed by atoms with Crippen molar-refractivity contribution in [3.05, 3.63) is 95.0 Å². The maximum atomic E-state index is 13.7. The Bertz CT molecular complexity index is 1440. The number of nitrogens with one attached hydrogen (secondary N) is 2. The highest BCUT2D eigenvalue weighted by Gasteiger charge is 2.31. The molecule has 4 amide bonds. The minimum Gasteiger partial charge on any atom is -0.492 e. The van der Waals surface area contributed by atoms with Crippen molar-refractivity contribution in [3.8, 4) is 11.5 Å². The molecular weight excluding hydrogens is 584 g/mol. The molecule has 1 aliphatic rings. The number of carbonyl (C=O) groups is 4. The molecule has 0 aromatic heterocycles. The fourth-order valence-electron chi connectivity index (χ4n) is 4.82.